The molecule has 0 radical (unpaired) electrons. The first-order valence-corrected chi connectivity index (χ1v) is 8.47. The predicted octanol–water partition coefficient (Wildman–Crippen LogP) is 2.28. The third-order valence-electron chi connectivity index (χ3n) is 4.09. The Labute approximate surface area is 140 Å². The number of carbonyl (C=O) groups is 1. The lowest BCUT2D eigenvalue weighted by Gasteiger charge is -2.16. The summed E-state index contributed by atoms with van der Waals surface area (Å²) in [5.74, 6) is 0.168. The zero-order valence-corrected chi connectivity index (χ0v) is 15.1. The fourth-order valence-electron chi connectivity index (χ4n) is 2.92. The van der Waals surface area contributed by atoms with Crippen molar-refractivity contribution in [1.29, 1.82) is 0 Å². The van der Waals surface area contributed by atoms with Gasteiger partial charge in [0, 0.05) is 25.0 Å². The van der Waals surface area contributed by atoms with Gasteiger partial charge in [0.25, 0.3) is 5.56 Å². The van der Waals surface area contributed by atoms with Gasteiger partial charge in [0.1, 0.15) is 5.78 Å². The van der Waals surface area contributed by atoms with Gasteiger partial charge in [-0.25, -0.2) is 9.78 Å². The minimum absolute atomic E-state index is 0.0911. The largest absolute Gasteiger partial charge is 0.333 e. The maximum atomic E-state index is 12.8. The Morgan fingerprint density at radius 2 is 1.71 bits per heavy atom. The summed E-state index contributed by atoms with van der Waals surface area (Å²) < 4.78 is 4.66. The summed E-state index contributed by atoms with van der Waals surface area (Å²) in [4.78, 5) is 40.9. The maximum absolute atomic E-state index is 12.8. The van der Waals surface area contributed by atoms with Gasteiger partial charge in [0.2, 0.25) is 0 Å². The Balaban J connectivity index is 2.55. The zero-order chi connectivity index (χ0) is 18.0. The lowest BCUT2D eigenvalue weighted by molar-refractivity contribution is -0.117. The molecule has 132 valence electrons. The summed E-state index contributed by atoms with van der Waals surface area (Å²) in [7, 11) is 0. The highest BCUT2D eigenvalue weighted by atomic mass is 16.2. The summed E-state index contributed by atoms with van der Waals surface area (Å²) in [5.41, 5.74) is 0.272. The van der Waals surface area contributed by atoms with E-state index in [1.165, 1.54) is 4.57 Å². The second-order valence-corrected chi connectivity index (χ2v) is 6.78. The van der Waals surface area contributed by atoms with E-state index in [4.69, 9.17) is 0 Å². The molecular formula is C17H26N4O3. The molecule has 24 heavy (non-hydrogen) atoms. The number of rotatable bonds is 7. The van der Waals surface area contributed by atoms with Crippen molar-refractivity contribution in [3.8, 4) is 0 Å². The maximum Gasteiger partial charge on any atom is 0.333 e. The molecule has 0 aliphatic heterocycles. The number of nitrogens with zero attached hydrogens (tertiary/aromatic N) is 4. The molecule has 0 saturated heterocycles. The molecule has 2 heterocycles. The second kappa shape index (κ2) is 7.15. The highest BCUT2D eigenvalue weighted by molar-refractivity contribution is 5.75. The van der Waals surface area contributed by atoms with E-state index in [0.29, 0.717) is 24.1 Å². The van der Waals surface area contributed by atoms with E-state index in [0.717, 1.165) is 12.8 Å². The topological polar surface area (TPSA) is 78.9 Å². The molecule has 7 nitrogen and oxygen atoms in total. The fraction of sp³-hybridized carbons (Fsp3) is 0.647. The van der Waals surface area contributed by atoms with E-state index in [-0.39, 0.29) is 29.1 Å². The van der Waals surface area contributed by atoms with Gasteiger partial charge in [-0.3, -0.25) is 13.9 Å². The van der Waals surface area contributed by atoms with Gasteiger partial charge in [0.05, 0.1) is 6.33 Å². The van der Waals surface area contributed by atoms with Crippen LogP contribution >= 0.6 is 0 Å². The molecule has 0 fully saturated rings. The molecule has 0 saturated carbocycles. The van der Waals surface area contributed by atoms with Crippen molar-refractivity contribution >= 4 is 16.9 Å². The summed E-state index contributed by atoms with van der Waals surface area (Å²) in [5, 5.41) is 0. The number of ketones is 1. The monoisotopic (exact) mass is 334 g/mol. The van der Waals surface area contributed by atoms with Crippen molar-refractivity contribution in [3.05, 3.63) is 27.2 Å². The van der Waals surface area contributed by atoms with Gasteiger partial charge in [-0.05, 0) is 47.5 Å². The van der Waals surface area contributed by atoms with Crippen LogP contribution in [0.3, 0.4) is 0 Å². The molecule has 0 N–H and O–H groups in total. The summed E-state index contributed by atoms with van der Waals surface area (Å²) in [6, 6.07) is -0.313. The number of fused-ring (bicyclic) bond motifs is 1. The number of hydrogen-bond donors (Lipinski definition) is 0. The van der Waals surface area contributed by atoms with Gasteiger partial charge in [-0.2, -0.15) is 0 Å². The highest BCUT2D eigenvalue weighted by Gasteiger charge is 2.20. The molecule has 2 aromatic rings. The van der Waals surface area contributed by atoms with Gasteiger partial charge >= 0.3 is 5.69 Å². The molecule has 0 aliphatic carbocycles. The third kappa shape index (κ3) is 3.34. The second-order valence-electron chi connectivity index (χ2n) is 6.78. The van der Waals surface area contributed by atoms with Crippen LogP contribution in [0.1, 0.15) is 66.0 Å². The number of Topliss-reactive ketones (excluding diaryl/α,β-unsaturated/α-hetero) is 1. The van der Waals surface area contributed by atoms with Gasteiger partial charge in [-0.15, -0.1) is 0 Å². The van der Waals surface area contributed by atoms with E-state index in [1.807, 2.05) is 27.7 Å². The molecule has 0 aromatic carbocycles. The van der Waals surface area contributed by atoms with Crippen molar-refractivity contribution in [2.24, 2.45) is 0 Å². The van der Waals surface area contributed by atoms with Crippen LogP contribution < -0.4 is 11.2 Å². The minimum atomic E-state index is -0.320. The van der Waals surface area contributed by atoms with Crippen LogP contribution in [0.4, 0.5) is 0 Å². The van der Waals surface area contributed by atoms with E-state index in [9.17, 15) is 14.4 Å². The van der Waals surface area contributed by atoms with E-state index < -0.39 is 0 Å². The summed E-state index contributed by atoms with van der Waals surface area (Å²) >= 11 is 0. The number of aryl methyl sites for hydroxylation is 1. The van der Waals surface area contributed by atoms with Gasteiger partial charge < -0.3 is 9.36 Å². The molecule has 0 spiro atoms. The molecular weight excluding hydrogens is 308 g/mol. The average molecular weight is 334 g/mol. The van der Waals surface area contributed by atoms with Gasteiger partial charge in [-0.1, -0.05) is 0 Å². The standard InChI is InChI=1S/C17H26N4O3/c1-11(2)20-15-14(16(23)21(12(3)4)17(20)24)19(10-18-15)9-7-6-8-13(5)22/h10-12H,6-9H2,1-5H3. The highest BCUT2D eigenvalue weighted by Crippen LogP contribution is 2.14. The third-order valence-corrected chi connectivity index (χ3v) is 4.09. The van der Waals surface area contributed by atoms with Crippen LogP contribution in [0.15, 0.2) is 15.9 Å². The number of aromatic nitrogens is 4. The first-order chi connectivity index (χ1) is 11.3. The van der Waals surface area contributed by atoms with Crippen LogP contribution in [0, 0.1) is 0 Å². The first-order valence-electron chi connectivity index (χ1n) is 8.47. The Morgan fingerprint density at radius 1 is 1.08 bits per heavy atom. The smallest absolute Gasteiger partial charge is 0.325 e. The van der Waals surface area contributed by atoms with Crippen LogP contribution in [-0.2, 0) is 11.3 Å². The van der Waals surface area contributed by atoms with Crippen molar-refractivity contribution in [2.45, 2.75) is 72.5 Å². The van der Waals surface area contributed by atoms with E-state index >= 15 is 0 Å². The zero-order valence-electron chi connectivity index (χ0n) is 15.1. The predicted molar refractivity (Wildman–Crippen MR) is 93.6 cm³/mol. The number of unbranched alkanes of at least 4 members (excludes halogenated alkanes) is 1. The first kappa shape index (κ1) is 18.2. The van der Waals surface area contributed by atoms with Crippen molar-refractivity contribution in [2.75, 3.05) is 0 Å². The van der Waals surface area contributed by atoms with Crippen molar-refractivity contribution in [3.63, 3.8) is 0 Å². The Kier molecular flexibility index (Phi) is 5.41. The van der Waals surface area contributed by atoms with Crippen LogP contribution in [0.25, 0.3) is 11.2 Å². The molecule has 0 atom stereocenters. The minimum Gasteiger partial charge on any atom is -0.325 e. The van der Waals surface area contributed by atoms with Crippen LogP contribution in [-0.4, -0.2) is 24.5 Å². The SMILES string of the molecule is CC(=O)CCCCn1cnc2c1c(=O)n(C(C)C)c(=O)n2C(C)C. The average Bonchev–Trinajstić information content (AvgIpc) is 2.86. The molecule has 2 rings (SSSR count). The molecule has 0 unspecified atom stereocenters. The Hall–Kier alpha value is -2.18. The Bertz CT molecular complexity index is 855. The molecule has 0 aliphatic rings. The van der Waals surface area contributed by atoms with Crippen molar-refractivity contribution < 1.29 is 4.79 Å². The lowest BCUT2D eigenvalue weighted by Crippen LogP contribution is -2.42. The van der Waals surface area contributed by atoms with Crippen LogP contribution in [0.5, 0.6) is 0 Å². The molecule has 0 amide bonds. The summed E-state index contributed by atoms with van der Waals surface area (Å²) in [6.45, 7) is 9.64. The fourth-order valence-corrected chi connectivity index (χ4v) is 2.92. The normalized spacial score (nSPS) is 11.8. The number of hydrogen-bond acceptors (Lipinski definition) is 4. The van der Waals surface area contributed by atoms with Gasteiger partial charge in [0.15, 0.2) is 11.2 Å². The van der Waals surface area contributed by atoms with E-state index in [1.54, 1.807) is 22.4 Å². The molecule has 0 bridgehead atoms. The number of carbonyl (C=O) groups excluding carboxylic acids is 1. The molecule has 7 heteroatoms. The quantitative estimate of drug-likeness (QED) is 0.728. The summed E-state index contributed by atoms with van der Waals surface area (Å²) in [6.07, 6.45) is 3.71. The lowest BCUT2D eigenvalue weighted by atomic mass is 10.2. The molecule has 2 aromatic heterocycles. The Morgan fingerprint density at radius 3 is 2.25 bits per heavy atom. The van der Waals surface area contributed by atoms with Crippen LogP contribution in [0.2, 0.25) is 0 Å². The van der Waals surface area contributed by atoms with E-state index in [2.05, 4.69) is 4.98 Å². The number of imidazole rings is 1. The van der Waals surface area contributed by atoms with Crippen molar-refractivity contribution in [1.82, 2.24) is 18.7 Å².